The average molecular weight is 361 g/mol. The summed E-state index contributed by atoms with van der Waals surface area (Å²) >= 11 is 0. The molecular formula is C28H24. The fourth-order valence-corrected chi connectivity index (χ4v) is 4.51. The lowest BCUT2D eigenvalue weighted by Crippen LogP contribution is -1.91. The van der Waals surface area contributed by atoms with E-state index in [1.807, 2.05) is 0 Å². The lowest BCUT2D eigenvalue weighted by atomic mass is 9.86. The maximum absolute atomic E-state index is 2.36. The van der Waals surface area contributed by atoms with Gasteiger partial charge in [-0.2, -0.15) is 0 Å². The lowest BCUT2D eigenvalue weighted by molar-refractivity contribution is 1.47. The molecule has 0 aliphatic rings. The monoisotopic (exact) mass is 360 g/mol. The van der Waals surface area contributed by atoms with Crippen LogP contribution in [0.15, 0.2) is 72.8 Å². The Morgan fingerprint density at radius 3 is 1.57 bits per heavy atom. The molecule has 0 spiro atoms. The van der Waals surface area contributed by atoms with Gasteiger partial charge in [0.2, 0.25) is 0 Å². The zero-order valence-electron chi connectivity index (χ0n) is 16.9. The number of hydrogen-bond donors (Lipinski definition) is 0. The van der Waals surface area contributed by atoms with Crippen LogP contribution < -0.4 is 0 Å². The van der Waals surface area contributed by atoms with Crippen LogP contribution in [0, 0.1) is 27.7 Å². The molecule has 0 atom stereocenters. The van der Waals surface area contributed by atoms with Gasteiger partial charge in [0.1, 0.15) is 0 Å². The standard InChI is InChI=1S/C28H24/c1-17-5-10-21(11-6-17)22-14-9-20(4)27-25-15-18(2)7-12-23(25)24-13-8-19(3)16-26(24)28(22)27/h5-16H,1-4H3. The second-order valence-corrected chi connectivity index (χ2v) is 8.14. The van der Waals surface area contributed by atoms with Gasteiger partial charge in [0, 0.05) is 0 Å². The van der Waals surface area contributed by atoms with E-state index in [4.69, 9.17) is 0 Å². The van der Waals surface area contributed by atoms with Crippen LogP contribution in [-0.2, 0) is 0 Å². The third kappa shape index (κ3) is 2.52. The van der Waals surface area contributed by atoms with E-state index in [0.29, 0.717) is 0 Å². The fraction of sp³-hybridized carbons (Fsp3) is 0.143. The van der Waals surface area contributed by atoms with Gasteiger partial charge >= 0.3 is 0 Å². The molecular weight excluding hydrogens is 336 g/mol. The van der Waals surface area contributed by atoms with Crippen LogP contribution in [-0.4, -0.2) is 0 Å². The van der Waals surface area contributed by atoms with Crippen molar-refractivity contribution in [3.8, 4) is 11.1 Å². The smallest absolute Gasteiger partial charge is 0.00176 e. The van der Waals surface area contributed by atoms with Gasteiger partial charge in [-0.25, -0.2) is 0 Å². The Labute approximate surface area is 166 Å². The predicted molar refractivity (Wildman–Crippen MR) is 123 cm³/mol. The van der Waals surface area contributed by atoms with E-state index in [-0.39, 0.29) is 0 Å². The first-order chi connectivity index (χ1) is 13.5. The molecule has 0 heteroatoms. The quantitative estimate of drug-likeness (QED) is 0.265. The Hall–Kier alpha value is -3.12. The minimum Gasteiger partial charge on any atom is -0.0587 e. The molecule has 5 rings (SSSR count). The van der Waals surface area contributed by atoms with Crippen molar-refractivity contribution in [2.24, 2.45) is 0 Å². The van der Waals surface area contributed by atoms with Crippen LogP contribution in [0.25, 0.3) is 43.4 Å². The molecule has 0 saturated heterocycles. The molecule has 136 valence electrons. The van der Waals surface area contributed by atoms with Crippen LogP contribution >= 0.6 is 0 Å². The summed E-state index contributed by atoms with van der Waals surface area (Å²) in [5.74, 6) is 0. The van der Waals surface area contributed by atoms with E-state index in [0.717, 1.165) is 0 Å². The number of aryl methyl sites for hydroxylation is 4. The molecule has 0 bridgehead atoms. The minimum atomic E-state index is 1.28. The molecule has 0 N–H and O–H groups in total. The van der Waals surface area contributed by atoms with Crippen molar-refractivity contribution < 1.29 is 0 Å². The van der Waals surface area contributed by atoms with Crippen molar-refractivity contribution >= 4 is 32.3 Å². The van der Waals surface area contributed by atoms with E-state index in [9.17, 15) is 0 Å². The van der Waals surface area contributed by atoms with Gasteiger partial charge in [-0.3, -0.25) is 0 Å². The van der Waals surface area contributed by atoms with Gasteiger partial charge in [0.25, 0.3) is 0 Å². The number of benzene rings is 5. The Bertz CT molecular complexity index is 1370. The maximum atomic E-state index is 2.36. The molecule has 0 nitrogen and oxygen atoms in total. The second-order valence-electron chi connectivity index (χ2n) is 8.14. The second kappa shape index (κ2) is 6.21. The van der Waals surface area contributed by atoms with Gasteiger partial charge < -0.3 is 0 Å². The van der Waals surface area contributed by atoms with Crippen molar-refractivity contribution in [3.05, 3.63) is 95.1 Å². The van der Waals surface area contributed by atoms with Crippen molar-refractivity contribution in [2.75, 3.05) is 0 Å². The summed E-state index contributed by atoms with van der Waals surface area (Å²) in [5.41, 5.74) is 7.84. The van der Waals surface area contributed by atoms with E-state index in [1.165, 1.54) is 65.7 Å². The summed E-state index contributed by atoms with van der Waals surface area (Å²) in [6.45, 7) is 8.76. The molecule has 0 aliphatic carbocycles. The predicted octanol–water partition coefficient (Wildman–Crippen LogP) is 8.05. The summed E-state index contributed by atoms with van der Waals surface area (Å²) in [4.78, 5) is 0. The van der Waals surface area contributed by atoms with E-state index < -0.39 is 0 Å². The molecule has 5 aromatic carbocycles. The minimum absolute atomic E-state index is 1.28. The van der Waals surface area contributed by atoms with E-state index >= 15 is 0 Å². The maximum Gasteiger partial charge on any atom is -0.00176 e. The van der Waals surface area contributed by atoms with Crippen molar-refractivity contribution in [1.82, 2.24) is 0 Å². The first-order valence-corrected chi connectivity index (χ1v) is 9.96. The first-order valence-electron chi connectivity index (χ1n) is 9.96. The van der Waals surface area contributed by atoms with Crippen molar-refractivity contribution in [3.63, 3.8) is 0 Å². The largest absolute Gasteiger partial charge is 0.0587 e. The fourth-order valence-electron chi connectivity index (χ4n) is 4.51. The van der Waals surface area contributed by atoms with Gasteiger partial charge in [-0.05, 0) is 76.7 Å². The summed E-state index contributed by atoms with van der Waals surface area (Å²) < 4.78 is 0. The zero-order valence-corrected chi connectivity index (χ0v) is 16.9. The summed E-state index contributed by atoms with van der Waals surface area (Å²) in [5, 5.41) is 8.16. The number of rotatable bonds is 1. The Morgan fingerprint density at radius 1 is 0.429 bits per heavy atom. The van der Waals surface area contributed by atoms with Gasteiger partial charge in [-0.1, -0.05) is 89.5 Å². The van der Waals surface area contributed by atoms with Gasteiger partial charge in [0.05, 0.1) is 0 Å². The number of hydrogen-bond acceptors (Lipinski definition) is 0. The first kappa shape index (κ1) is 17.0. The topological polar surface area (TPSA) is 0 Å². The highest BCUT2D eigenvalue weighted by molar-refractivity contribution is 6.29. The molecule has 0 saturated carbocycles. The van der Waals surface area contributed by atoms with E-state index in [2.05, 4.69) is 100 Å². The molecule has 0 aliphatic heterocycles. The van der Waals surface area contributed by atoms with Crippen molar-refractivity contribution in [2.45, 2.75) is 27.7 Å². The van der Waals surface area contributed by atoms with E-state index in [1.54, 1.807) is 0 Å². The molecule has 0 amide bonds. The Kier molecular flexibility index (Phi) is 3.77. The molecule has 0 aromatic heterocycles. The highest BCUT2D eigenvalue weighted by Gasteiger charge is 2.15. The summed E-state index contributed by atoms with van der Waals surface area (Å²) in [6.07, 6.45) is 0. The highest BCUT2D eigenvalue weighted by atomic mass is 14.2. The van der Waals surface area contributed by atoms with Crippen LogP contribution in [0.2, 0.25) is 0 Å². The third-order valence-electron chi connectivity index (χ3n) is 5.96. The van der Waals surface area contributed by atoms with Gasteiger partial charge in [-0.15, -0.1) is 0 Å². The number of fused-ring (bicyclic) bond motifs is 6. The molecule has 5 aromatic rings. The average Bonchev–Trinajstić information content (AvgIpc) is 2.69. The highest BCUT2D eigenvalue weighted by Crippen LogP contribution is 2.42. The molecule has 0 fully saturated rings. The Balaban J connectivity index is 2.08. The van der Waals surface area contributed by atoms with Gasteiger partial charge in [0.15, 0.2) is 0 Å². The van der Waals surface area contributed by atoms with Crippen LogP contribution in [0.1, 0.15) is 22.3 Å². The molecule has 0 heterocycles. The third-order valence-corrected chi connectivity index (χ3v) is 5.96. The van der Waals surface area contributed by atoms with Crippen LogP contribution in [0.5, 0.6) is 0 Å². The summed E-state index contributed by atoms with van der Waals surface area (Å²) in [7, 11) is 0. The summed E-state index contributed by atoms with van der Waals surface area (Å²) in [6, 6.07) is 27.2. The van der Waals surface area contributed by atoms with Crippen molar-refractivity contribution in [1.29, 1.82) is 0 Å². The molecule has 0 unspecified atom stereocenters. The molecule has 0 radical (unpaired) electrons. The van der Waals surface area contributed by atoms with Crippen LogP contribution in [0.3, 0.4) is 0 Å². The zero-order chi connectivity index (χ0) is 19.4. The van der Waals surface area contributed by atoms with Crippen LogP contribution in [0.4, 0.5) is 0 Å². The Morgan fingerprint density at radius 2 is 0.964 bits per heavy atom. The lowest BCUT2D eigenvalue weighted by Gasteiger charge is -2.17. The normalized spacial score (nSPS) is 11.6. The molecule has 28 heavy (non-hydrogen) atoms. The SMILES string of the molecule is Cc1ccc(-c2ccc(C)c3c4cc(C)ccc4c4ccc(C)cc4c23)cc1.